The van der Waals surface area contributed by atoms with Crippen molar-refractivity contribution in [1.29, 1.82) is 5.26 Å². The van der Waals surface area contributed by atoms with Crippen LogP contribution in [0, 0.1) is 14.9 Å². The van der Waals surface area contributed by atoms with Crippen LogP contribution in [-0.4, -0.2) is 18.1 Å². The van der Waals surface area contributed by atoms with E-state index in [2.05, 4.69) is 39.3 Å². The van der Waals surface area contributed by atoms with Gasteiger partial charge in [0.05, 0.1) is 22.3 Å². The fourth-order valence-electron chi connectivity index (χ4n) is 2.52. The van der Waals surface area contributed by atoms with E-state index in [9.17, 15) is 10.1 Å². The number of halogens is 1. The maximum Gasteiger partial charge on any atom is 0.273 e. The number of thiocarbonyl (C=S) groups is 1. The Labute approximate surface area is 175 Å². The van der Waals surface area contributed by atoms with Crippen molar-refractivity contribution in [3.05, 3.63) is 62.4 Å². The summed E-state index contributed by atoms with van der Waals surface area (Å²) in [6.45, 7) is 0.245. The Balaban J connectivity index is 1.87. The van der Waals surface area contributed by atoms with E-state index in [4.69, 9.17) is 21.7 Å². The number of methoxy groups -OCH3 is 1. The minimum atomic E-state index is -0.276. The number of nitrogens with zero attached hydrogens (tertiary/aromatic N) is 1. The van der Waals surface area contributed by atoms with Gasteiger partial charge in [-0.05, 0) is 64.6 Å². The molecule has 1 heterocycles. The molecule has 0 aliphatic carbocycles. The highest BCUT2D eigenvalue weighted by atomic mass is 127. The Bertz CT molecular complexity index is 998. The monoisotopic (exact) mass is 491 g/mol. The maximum atomic E-state index is 11.8. The summed E-state index contributed by atoms with van der Waals surface area (Å²) in [6.07, 6.45) is 1.69. The molecule has 0 radical (unpaired) electrons. The van der Waals surface area contributed by atoms with Gasteiger partial charge in [-0.3, -0.25) is 10.1 Å². The van der Waals surface area contributed by atoms with Crippen LogP contribution in [0.5, 0.6) is 11.5 Å². The van der Waals surface area contributed by atoms with Gasteiger partial charge in [0.25, 0.3) is 5.91 Å². The lowest BCUT2D eigenvalue weighted by molar-refractivity contribution is -0.115. The molecule has 8 heteroatoms. The first-order valence-corrected chi connectivity index (χ1v) is 9.33. The maximum absolute atomic E-state index is 11.8. The number of carbonyl (C=O) groups excluding carboxylic acids is 1. The smallest absolute Gasteiger partial charge is 0.273 e. The number of benzene rings is 2. The van der Waals surface area contributed by atoms with Gasteiger partial charge in [-0.2, -0.15) is 5.26 Å². The Morgan fingerprint density at radius 2 is 2.07 bits per heavy atom. The van der Waals surface area contributed by atoms with Crippen molar-refractivity contribution in [2.75, 3.05) is 7.11 Å². The van der Waals surface area contributed by atoms with Crippen molar-refractivity contribution in [3.63, 3.8) is 0 Å². The van der Waals surface area contributed by atoms with Crippen LogP contribution in [0.15, 0.2) is 42.1 Å². The average Bonchev–Trinajstić information content (AvgIpc) is 2.97. The summed E-state index contributed by atoms with van der Waals surface area (Å²) in [5, 5.41) is 14.8. The van der Waals surface area contributed by atoms with Gasteiger partial charge in [0.1, 0.15) is 12.3 Å². The zero-order valence-electron chi connectivity index (χ0n) is 14.2. The van der Waals surface area contributed by atoms with E-state index in [1.165, 1.54) is 0 Å². The van der Waals surface area contributed by atoms with Crippen LogP contribution in [0.25, 0.3) is 6.08 Å². The molecule has 136 valence electrons. The topological polar surface area (TPSA) is 83.4 Å². The quantitative estimate of drug-likeness (QED) is 0.380. The first-order chi connectivity index (χ1) is 13.0. The molecule has 1 amide bonds. The second kappa shape index (κ2) is 8.37. The SMILES string of the molecule is COc1cc(/C=C2/NC(=S)NC2=O)cc(I)c1OCc1ccccc1C#N. The molecule has 27 heavy (non-hydrogen) atoms. The largest absolute Gasteiger partial charge is 0.493 e. The van der Waals surface area contributed by atoms with Crippen molar-refractivity contribution >= 4 is 51.9 Å². The lowest BCUT2D eigenvalue weighted by atomic mass is 10.1. The Kier molecular flexibility index (Phi) is 5.93. The minimum Gasteiger partial charge on any atom is -0.493 e. The van der Waals surface area contributed by atoms with Gasteiger partial charge in [0, 0.05) is 5.56 Å². The van der Waals surface area contributed by atoms with Crippen LogP contribution < -0.4 is 20.1 Å². The summed E-state index contributed by atoms with van der Waals surface area (Å²) in [5.41, 5.74) is 2.50. The molecule has 0 unspecified atom stereocenters. The summed E-state index contributed by atoms with van der Waals surface area (Å²) < 4.78 is 12.2. The summed E-state index contributed by atoms with van der Waals surface area (Å²) >= 11 is 7.08. The van der Waals surface area contributed by atoms with Gasteiger partial charge < -0.3 is 14.8 Å². The first kappa shape index (κ1) is 19.1. The van der Waals surface area contributed by atoms with Crippen LogP contribution in [0.2, 0.25) is 0 Å². The fraction of sp³-hybridized carbons (Fsp3) is 0.105. The van der Waals surface area contributed by atoms with Crippen LogP contribution in [0.4, 0.5) is 0 Å². The number of hydrogen-bond donors (Lipinski definition) is 2. The summed E-state index contributed by atoms with van der Waals surface area (Å²) in [4.78, 5) is 11.8. The first-order valence-electron chi connectivity index (χ1n) is 7.84. The minimum absolute atomic E-state index is 0.245. The van der Waals surface area contributed by atoms with Crippen molar-refractivity contribution in [1.82, 2.24) is 10.6 Å². The van der Waals surface area contributed by atoms with E-state index in [1.807, 2.05) is 24.3 Å². The number of nitriles is 1. The normalized spacial score (nSPS) is 14.5. The van der Waals surface area contributed by atoms with Crippen molar-refractivity contribution < 1.29 is 14.3 Å². The third kappa shape index (κ3) is 4.37. The zero-order chi connectivity index (χ0) is 19.4. The molecule has 1 aliphatic heterocycles. The lowest BCUT2D eigenvalue weighted by Crippen LogP contribution is -2.21. The van der Waals surface area contributed by atoms with Crippen molar-refractivity contribution in [2.45, 2.75) is 6.61 Å². The van der Waals surface area contributed by atoms with Crippen LogP contribution in [0.1, 0.15) is 16.7 Å². The highest BCUT2D eigenvalue weighted by molar-refractivity contribution is 14.1. The average molecular weight is 491 g/mol. The lowest BCUT2D eigenvalue weighted by Gasteiger charge is -2.14. The number of ether oxygens (including phenoxy) is 2. The Morgan fingerprint density at radius 3 is 2.74 bits per heavy atom. The second-order valence-electron chi connectivity index (χ2n) is 5.56. The van der Waals surface area contributed by atoms with Gasteiger partial charge in [-0.1, -0.05) is 18.2 Å². The molecule has 0 bridgehead atoms. The molecule has 1 fully saturated rings. The van der Waals surface area contributed by atoms with Crippen LogP contribution >= 0.6 is 34.8 Å². The van der Waals surface area contributed by atoms with Crippen molar-refractivity contribution in [2.24, 2.45) is 0 Å². The molecule has 1 aliphatic rings. The molecule has 6 nitrogen and oxygen atoms in total. The predicted octanol–water partition coefficient (Wildman–Crippen LogP) is 3.10. The summed E-state index contributed by atoms with van der Waals surface area (Å²) in [7, 11) is 1.55. The Morgan fingerprint density at radius 1 is 1.30 bits per heavy atom. The number of nitrogens with one attached hydrogen (secondary N) is 2. The van der Waals surface area contributed by atoms with E-state index < -0.39 is 0 Å². The highest BCUT2D eigenvalue weighted by Crippen LogP contribution is 2.35. The van der Waals surface area contributed by atoms with E-state index in [-0.39, 0.29) is 17.6 Å². The molecule has 1 saturated heterocycles. The third-order valence-corrected chi connectivity index (χ3v) is 4.80. The third-order valence-electron chi connectivity index (χ3n) is 3.79. The van der Waals surface area contributed by atoms with Gasteiger partial charge in [0.15, 0.2) is 16.6 Å². The number of amides is 1. The zero-order valence-corrected chi connectivity index (χ0v) is 17.2. The molecular weight excluding hydrogens is 477 g/mol. The van der Waals surface area contributed by atoms with Crippen molar-refractivity contribution in [3.8, 4) is 17.6 Å². The van der Waals surface area contributed by atoms with Crippen LogP contribution in [0.3, 0.4) is 0 Å². The van der Waals surface area contributed by atoms with Gasteiger partial charge in [-0.25, -0.2) is 0 Å². The molecule has 0 aromatic heterocycles. The number of hydrogen-bond acceptors (Lipinski definition) is 5. The second-order valence-corrected chi connectivity index (χ2v) is 7.13. The standard InChI is InChI=1S/C19H14IN3O3S/c1-25-16-8-11(7-15-18(24)23-19(27)22-15)6-14(20)17(16)26-10-13-5-3-2-4-12(13)9-21/h2-8H,10H2,1H3,(H2,22,23,24,27)/b15-7+. The summed E-state index contributed by atoms with van der Waals surface area (Å²) in [6, 6.07) is 13.1. The molecule has 0 atom stereocenters. The molecular formula is C19H14IN3O3S. The van der Waals surface area contributed by atoms with Crippen LogP contribution in [-0.2, 0) is 11.4 Å². The molecule has 3 rings (SSSR count). The number of carbonyl (C=O) groups is 1. The molecule has 0 saturated carbocycles. The molecule has 2 aromatic rings. The van der Waals surface area contributed by atoms with Gasteiger partial charge in [-0.15, -0.1) is 0 Å². The van der Waals surface area contributed by atoms with E-state index in [1.54, 1.807) is 25.3 Å². The fourth-order valence-corrected chi connectivity index (χ4v) is 3.50. The Hall–Kier alpha value is -2.64. The molecule has 0 spiro atoms. The van der Waals surface area contributed by atoms with E-state index in [0.717, 1.165) is 14.7 Å². The highest BCUT2D eigenvalue weighted by Gasteiger charge is 2.20. The van der Waals surface area contributed by atoms with E-state index in [0.29, 0.717) is 22.8 Å². The van der Waals surface area contributed by atoms with E-state index >= 15 is 0 Å². The summed E-state index contributed by atoms with van der Waals surface area (Å²) in [5.74, 6) is 0.832. The predicted molar refractivity (Wildman–Crippen MR) is 113 cm³/mol. The number of rotatable bonds is 5. The molecule has 2 N–H and O–H groups in total. The molecule has 2 aromatic carbocycles. The van der Waals surface area contributed by atoms with Gasteiger partial charge >= 0.3 is 0 Å². The van der Waals surface area contributed by atoms with Gasteiger partial charge in [0.2, 0.25) is 0 Å².